The Morgan fingerprint density at radius 1 is 0.926 bits per heavy atom. The van der Waals surface area contributed by atoms with Gasteiger partial charge in [-0.2, -0.15) is 4.31 Å². The van der Waals surface area contributed by atoms with Gasteiger partial charge in [0, 0.05) is 32.6 Å². The van der Waals surface area contributed by atoms with Crippen molar-refractivity contribution in [2.75, 3.05) is 26.2 Å². The molecule has 1 heterocycles. The lowest BCUT2D eigenvalue weighted by Crippen LogP contribution is -2.50. The highest BCUT2D eigenvalue weighted by Crippen LogP contribution is 2.18. The number of hydrogen-bond donors (Lipinski definition) is 0. The third-order valence-electron chi connectivity index (χ3n) is 4.56. The highest BCUT2D eigenvalue weighted by Gasteiger charge is 2.29. The first-order chi connectivity index (χ1) is 12.9. The predicted molar refractivity (Wildman–Crippen MR) is 96.5 cm³/mol. The number of amides is 1. The second-order valence-corrected chi connectivity index (χ2v) is 8.31. The fourth-order valence-corrected chi connectivity index (χ4v) is 4.46. The number of aryl methyl sites for hydroxylation is 1. The van der Waals surface area contributed by atoms with Gasteiger partial charge in [-0.15, -0.1) is 0 Å². The van der Waals surface area contributed by atoms with Gasteiger partial charge in [-0.05, 0) is 48.4 Å². The summed E-state index contributed by atoms with van der Waals surface area (Å²) in [5.41, 5.74) is 0.751. The van der Waals surface area contributed by atoms with E-state index in [1.165, 1.54) is 28.6 Å². The average molecular weight is 394 g/mol. The molecule has 3 rings (SSSR count). The van der Waals surface area contributed by atoms with Crippen LogP contribution in [0.15, 0.2) is 53.4 Å². The fraction of sp³-hybridized carbons (Fsp3) is 0.316. The number of carbonyl (C=O) groups excluding carboxylic acids is 1. The first-order valence-corrected chi connectivity index (χ1v) is 10.1. The first kappa shape index (κ1) is 19.4. The van der Waals surface area contributed by atoms with E-state index in [0.717, 1.165) is 17.7 Å². The SMILES string of the molecule is O=C(CCc1cccc(F)c1)N1CCN(S(=O)(=O)c2ccc(F)cc2)CC1. The molecule has 8 heteroatoms. The molecule has 27 heavy (non-hydrogen) atoms. The van der Waals surface area contributed by atoms with E-state index in [0.29, 0.717) is 19.5 Å². The molecule has 1 saturated heterocycles. The third kappa shape index (κ3) is 4.70. The number of sulfonamides is 1. The van der Waals surface area contributed by atoms with Crippen molar-refractivity contribution < 1.29 is 22.0 Å². The van der Waals surface area contributed by atoms with Gasteiger partial charge in [-0.3, -0.25) is 4.79 Å². The van der Waals surface area contributed by atoms with E-state index in [1.807, 2.05) is 0 Å². The fourth-order valence-electron chi connectivity index (χ4n) is 3.04. The molecule has 0 aliphatic carbocycles. The summed E-state index contributed by atoms with van der Waals surface area (Å²) in [4.78, 5) is 14.0. The lowest BCUT2D eigenvalue weighted by atomic mass is 10.1. The summed E-state index contributed by atoms with van der Waals surface area (Å²) >= 11 is 0. The largest absolute Gasteiger partial charge is 0.340 e. The molecule has 144 valence electrons. The van der Waals surface area contributed by atoms with Crippen molar-refractivity contribution in [3.05, 3.63) is 65.7 Å². The Balaban J connectivity index is 1.55. The van der Waals surface area contributed by atoms with E-state index in [4.69, 9.17) is 0 Å². The van der Waals surface area contributed by atoms with Crippen molar-refractivity contribution in [3.63, 3.8) is 0 Å². The molecule has 1 aliphatic heterocycles. The summed E-state index contributed by atoms with van der Waals surface area (Å²) < 4.78 is 52.7. The van der Waals surface area contributed by atoms with Gasteiger partial charge in [0.2, 0.25) is 15.9 Å². The minimum absolute atomic E-state index is 0.0368. The molecule has 2 aromatic carbocycles. The molecule has 0 atom stereocenters. The first-order valence-electron chi connectivity index (χ1n) is 8.64. The number of hydrogen-bond acceptors (Lipinski definition) is 3. The van der Waals surface area contributed by atoms with Crippen molar-refractivity contribution in [1.82, 2.24) is 9.21 Å². The van der Waals surface area contributed by atoms with Crippen LogP contribution < -0.4 is 0 Å². The Morgan fingerprint density at radius 2 is 1.59 bits per heavy atom. The Morgan fingerprint density at radius 3 is 2.22 bits per heavy atom. The van der Waals surface area contributed by atoms with Crippen LogP contribution in [-0.2, 0) is 21.2 Å². The van der Waals surface area contributed by atoms with Crippen LogP contribution in [0.3, 0.4) is 0 Å². The van der Waals surface area contributed by atoms with E-state index in [9.17, 15) is 22.0 Å². The Bertz CT molecular complexity index is 909. The Kier molecular flexibility index (Phi) is 5.86. The number of nitrogens with zero attached hydrogens (tertiary/aromatic N) is 2. The van der Waals surface area contributed by atoms with Gasteiger partial charge in [0.05, 0.1) is 4.90 Å². The zero-order valence-corrected chi connectivity index (χ0v) is 15.5. The van der Waals surface area contributed by atoms with Crippen molar-refractivity contribution in [1.29, 1.82) is 0 Å². The summed E-state index contributed by atoms with van der Waals surface area (Å²) in [5.74, 6) is -0.916. The zero-order chi connectivity index (χ0) is 19.4. The summed E-state index contributed by atoms with van der Waals surface area (Å²) in [6.07, 6.45) is 0.679. The Hall–Kier alpha value is -2.32. The molecule has 0 bridgehead atoms. The quantitative estimate of drug-likeness (QED) is 0.783. The van der Waals surface area contributed by atoms with E-state index in [-0.39, 0.29) is 36.1 Å². The molecule has 1 amide bonds. The normalized spacial score (nSPS) is 15.7. The highest BCUT2D eigenvalue weighted by molar-refractivity contribution is 7.89. The van der Waals surface area contributed by atoms with Crippen LogP contribution >= 0.6 is 0 Å². The van der Waals surface area contributed by atoms with Crippen molar-refractivity contribution in [2.24, 2.45) is 0 Å². The van der Waals surface area contributed by atoms with E-state index >= 15 is 0 Å². The van der Waals surface area contributed by atoms with Crippen LogP contribution in [0.2, 0.25) is 0 Å². The van der Waals surface area contributed by atoms with Crippen LogP contribution in [0.5, 0.6) is 0 Å². The van der Waals surface area contributed by atoms with Gasteiger partial charge in [-0.25, -0.2) is 17.2 Å². The van der Waals surface area contributed by atoms with Gasteiger partial charge in [-0.1, -0.05) is 12.1 Å². The van der Waals surface area contributed by atoms with Gasteiger partial charge < -0.3 is 4.90 Å². The number of halogens is 2. The van der Waals surface area contributed by atoms with Crippen LogP contribution in [-0.4, -0.2) is 49.7 Å². The highest BCUT2D eigenvalue weighted by atomic mass is 32.2. The molecule has 0 saturated carbocycles. The molecule has 0 spiro atoms. The lowest BCUT2D eigenvalue weighted by Gasteiger charge is -2.34. The van der Waals surface area contributed by atoms with Gasteiger partial charge >= 0.3 is 0 Å². The maximum atomic E-state index is 13.2. The maximum Gasteiger partial charge on any atom is 0.243 e. The number of piperazine rings is 1. The molecule has 2 aromatic rings. The Labute approximate surface area is 157 Å². The van der Waals surface area contributed by atoms with Crippen molar-refractivity contribution in [3.8, 4) is 0 Å². The van der Waals surface area contributed by atoms with Crippen LogP contribution in [0.25, 0.3) is 0 Å². The van der Waals surface area contributed by atoms with Gasteiger partial charge in [0.25, 0.3) is 0 Å². The molecule has 0 radical (unpaired) electrons. The molecule has 0 unspecified atom stereocenters. The average Bonchev–Trinajstić information content (AvgIpc) is 2.66. The summed E-state index contributed by atoms with van der Waals surface area (Å²) in [7, 11) is -3.70. The van der Waals surface area contributed by atoms with Crippen LogP contribution in [0.4, 0.5) is 8.78 Å². The predicted octanol–water partition coefficient (Wildman–Crippen LogP) is 2.43. The second-order valence-electron chi connectivity index (χ2n) is 6.37. The molecular formula is C19H20F2N2O3S. The third-order valence-corrected chi connectivity index (χ3v) is 6.47. The molecule has 1 aliphatic rings. The molecule has 0 aromatic heterocycles. The van der Waals surface area contributed by atoms with Crippen molar-refractivity contribution >= 4 is 15.9 Å². The maximum absolute atomic E-state index is 13.2. The van der Waals surface area contributed by atoms with Gasteiger partial charge in [0.1, 0.15) is 11.6 Å². The summed E-state index contributed by atoms with van der Waals surface area (Å²) in [6.45, 7) is 0.960. The van der Waals surface area contributed by atoms with Gasteiger partial charge in [0.15, 0.2) is 0 Å². The van der Waals surface area contributed by atoms with E-state index in [2.05, 4.69) is 0 Å². The smallest absolute Gasteiger partial charge is 0.243 e. The number of benzene rings is 2. The van der Waals surface area contributed by atoms with E-state index < -0.39 is 15.8 Å². The molecule has 0 N–H and O–H groups in total. The topological polar surface area (TPSA) is 57.7 Å². The summed E-state index contributed by atoms with van der Waals surface area (Å²) in [6, 6.07) is 10.8. The number of rotatable bonds is 5. The monoisotopic (exact) mass is 394 g/mol. The minimum atomic E-state index is -3.70. The standard InChI is InChI=1S/C19H20F2N2O3S/c20-16-5-7-18(8-6-16)27(25,26)23-12-10-22(11-13-23)19(24)9-4-15-2-1-3-17(21)14-15/h1-3,5-8,14H,4,9-13H2. The number of carbonyl (C=O) groups is 1. The molecule has 1 fully saturated rings. The van der Waals surface area contributed by atoms with Crippen molar-refractivity contribution in [2.45, 2.75) is 17.7 Å². The second kappa shape index (κ2) is 8.14. The van der Waals surface area contributed by atoms with Crippen LogP contribution in [0, 0.1) is 11.6 Å². The molecule has 5 nitrogen and oxygen atoms in total. The van der Waals surface area contributed by atoms with Crippen LogP contribution in [0.1, 0.15) is 12.0 Å². The zero-order valence-electron chi connectivity index (χ0n) is 14.6. The van der Waals surface area contributed by atoms with E-state index in [1.54, 1.807) is 17.0 Å². The lowest BCUT2D eigenvalue weighted by molar-refractivity contribution is -0.132. The molecular weight excluding hydrogens is 374 g/mol. The minimum Gasteiger partial charge on any atom is -0.340 e. The summed E-state index contributed by atoms with van der Waals surface area (Å²) in [5, 5.41) is 0.